The number of carbonyl (C=O) groups excluding carboxylic acids is 1. The van der Waals surface area contributed by atoms with Crippen molar-refractivity contribution >= 4 is 11.8 Å². The number of carboxylic acid groups (broad SMARTS) is 1. The molecule has 4 nitrogen and oxygen atoms in total. The van der Waals surface area contributed by atoms with E-state index < -0.39 is 12.1 Å². The van der Waals surface area contributed by atoms with Crippen LogP contribution in [0.3, 0.4) is 0 Å². The Morgan fingerprint density at radius 3 is 2.32 bits per heavy atom. The number of allylic oxidation sites excluding steroid dienone is 3. The molecule has 0 rings (SSSR count). The molecule has 0 fully saturated rings. The zero-order chi connectivity index (χ0) is 16.6. The first-order valence-electron chi connectivity index (χ1n) is 8.33. The molecule has 0 saturated heterocycles. The first kappa shape index (κ1) is 20.6. The molecule has 0 heterocycles. The lowest BCUT2D eigenvalue weighted by atomic mass is 10.1. The SMILES string of the molecule is CCCCCC[C@H](O)/C=C/C=C/C(=O)CCCCCC(=O)O. The van der Waals surface area contributed by atoms with Gasteiger partial charge >= 0.3 is 5.97 Å². The first-order valence-corrected chi connectivity index (χ1v) is 8.33. The number of aliphatic hydroxyl groups is 1. The van der Waals surface area contributed by atoms with Crippen LogP contribution in [0.25, 0.3) is 0 Å². The highest BCUT2D eigenvalue weighted by Crippen LogP contribution is 2.07. The maximum atomic E-state index is 11.5. The van der Waals surface area contributed by atoms with Crippen molar-refractivity contribution in [1.29, 1.82) is 0 Å². The third kappa shape index (κ3) is 15.0. The lowest BCUT2D eigenvalue weighted by molar-refractivity contribution is -0.137. The number of rotatable bonds is 14. The van der Waals surface area contributed by atoms with Crippen molar-refractivity contribution in [3.63, 3.8) is 0 Å². The Morgan fingerprint density at radius 1 is 0.955 bits per heavy atom. The second-order valence-electron chi connectivity index (χ2n) is 5.58. The van der Waals surface area contributed by atoms with Gasteiger partial charge in [0.15, 0.2) is 5.78 Å². The highest BCUT2D eigenvalue weighted by Gasteiger charge is 2.00. The van der Waals surface area contributed by atoms with Crippen LogP contribution in [0, 0.1) is 0 Å². The van der Waals surface area contributed by atoms with Crippen LogP contribution in [0.4, 0.5) is 0 Å². The van der Waals surface area contributed by atoms with Gasteiger partial charge in [-0.25, -0.2) is 0 Å². The van der Waals surface area contributed by atoms with E-state index in [4.69, 9.17) is 5.11 Å². The number of aliphatic hydroxyl groups excluding tert-OH is 1. The second-order valence-corrected chi connectivity index (χ2v) is 5.58. The monoisotopic (exact) mass is 310 g/mol. The summed E-state index contributed by atoms with van der Waals surface area (Å²) in [4.78, 5) is 21.8. The maximum Gasteiger partial charge on any atom is 0.303 e. The fourth-order valence-corrected chi connectivity index (χ4v) is 2.07. The van der Waals surface area contributed by atoms with Crippen molar-refractivity contribution in [1.82, 2.24) is 0 Å². The molecule has 0 amide bonds. The fraction of sp³-hybridized carbons (Fsp3) is 0.667. The summed E-state index contributed by atoms with van der Waals surface area (Å²) >= 11 is 0. The van der Waals surface area contributed by atoms with Gasteiger partial charge in [-0.1, -0.05) is 57.3 Å². The minimum Gasteiger partial charge on any atom is -0.481 e. The van der Waals surface area contributed by atoms with Gasteiger partial charge in [0, 0.05) is 12.8 Å². The number of carboxylic acids is 1. The Labute approximate surface area is 133 Å². The lowest BCUT2D eigenvalue weighted by Crippen LogP contribution is -2.01. The molecule has 0 radical (unpaired) electrons. The van der Waals surface area contributed by atoms with Crippen molar-refractivity contribution in [2.75, 3.05) is 0 Å². The summed E-state index contributed by atoms with van der Waals surface area (Å²) in [7, 11) is 0. The predicted octanol–water partition coefficient (Wildman–Crippen LogP) is 4.03. The predicted molar refractivity (Wildman–Crippen MR) is 88.8 cm³/mol. The molecule has 0 aliphatic heterocycles. The number of ketones is 1. The van der Waals surface area contributed by atoms with Gasteiger partial charge in [-0.15, -0.1) is 0 Å². The van der Waals surface area contributed by atoms with Gasteiger partial charge in [0.1, 0.15) is 0 Å². The van der Waals surface area contributed by atoms with Gasteiger partial charge in [-0.05, 0) is 25.3 Å². The van der Waals surface area contributed by atoms with Crippen molar-refractivity contribution < 1.29 is 19.8 Å². The minimum absolute atomic E-state index is 0.0393. The standard InChI is InChI=1S/C18H30O4/c1-2-3-4-6-11-16(19)13-9-10-14-17(20)12-7-5-8-15-18(21)22/h9-10,13-14,16,19H,2-8,11-12,15H2,1H3,(H,21,22)/b13-9+,14-10+/t16-/m0/s1. The smallest absolute Gasteiger partial charge is 0.303 e. The summed E-state index contributed by atoms with van der Waals surface area (Å²) in [5, 5.41) is 18.2. The molecule has 0 bridgehead atoms. The average molecular weight is 310 g/mol. The molecule has 0 aromatic carbocycles. The highest BCUT2D eigenvalue weighted by molar-refractivity contribution is 5.89. The van der Waals surface area contributed by atoms with E-state index >= 15 is 0 Å². The van der Waals surface area contributed by atoms with Crippen molar-refractivity contribution in [3.8, 4) is 0 Å². The molecular formula is C18H30O4. The Morgan fingerprint density at radius 2 is 1.64 bits per heavy atom. The van der Waals surface area contributed by atoms with E-state index in [2.05, 4.69) is 6.92 Å². The van der Waals surface area contributed by atoms with Gasteiger partial charge in [-0.2, -0.15) is 0 Å². The molecule has 0 aliphatic rings. The fourth-order valence-electron chi connectivity index (χ4n) is 2.07. The molecule has 1 atom stereocenters. The third-order valence-corrected chi connectivity index (χ3v) is 3.39. The summed E-state index contributed by atoms with van der Waals surface area (Å²) in [6.07, 6.45) is 14.2. The number of hydrogen-bond acceptors (Lipinski definition) is 3. The summed E-state index contributed by atoms with van der Waals surface area (Å²) in [5.74, 6) is -0.748. The zero-order valence-corrected chi connectivity index (χ0v) is 13.7. The molecular weight excluding hydrogens is 280 g/mol. The van der Waals surface area contributed by atoms with E-state index in [0.29, 0.717) is 12.8 Å². The molecule has 0 saturated carbocycles. The number of hydrogen-bond donors (Lipinski definition) is 2. The molecule has 0 unspecified atom stereocenters. The van der Waals surface area contributed by atoms with Crippen molar-refractivity contribution in [2.45, 2.75) is 77.2 Å². The Kier molecular flexibility index (Phi) is 13.6. The largest absolute Gasteiger partial charge is 0.481 e. The maximum absolute atomic E-state index is 11.5. The Balaban J connectivity index is 3.66. The van der Waals surface area contributed by atoms with E-state index in [1.807, 2.05) is 0 Å². The molecule has 0 aliphatic carbocycles. The third-order valence-electron chi connectivity index (χ3n) is 3.39. The summed E-state index contributed by atoms with van der Waals surface area (Å²) in [6.45, 7) is 2.16. The molecule has 4 heteroatoms. The topological polar surface area (TPSA) is 74.6 Å². The van der Waals surface area contributed by atoms with Crippen molar-refractivity contribution in [3.05, 3.63) is 24.3 Å². The van der Waals surface area contributed by atoms with Crippen LogP contribution in [0.5, 0.6) is 0 Å². The normalized spacial score (nSPS) is 13.0. The summed E-state index contributed by atoms with van der Waals surface area (Å²) in [6, 6.07) is 0. The van der Waals surface area contributed by atoms with E-state index in [9.17, 15) is 14.7 Å². The van der Waals surface area contributed by atoms with Crippen LogP contribution in [0.15, 0.2) is 24.3 Å². The first-order chi connectivity index (χ1) is 10.6. The minimum atomic E-state index is -0.787. The number of unbranched alkanes of at least 4 members (excludes halogenated alkanes) is 5. The number of carbonyl (C=O) groups is 2. The van der Waals surface area contributed by atoms with Crippen LogP contribution in [-0.2, 0) is 9.59 Å². The van der Waals surface area contributed by atoms with Crippen molar-refractivity contribution in [2.24, 2.45) is 0 Å². The van der Waals surface area contributed by atoms with Crippen LogP contribution in [0.2, 0.25) is 0 Å². The molecule has 0 aromatic heterocycles. The van der Waals surface area contributed by atoms with Gasteiger partial charge in [0.05, 0.1) is 6.10 Å². The Bertz CT molecular complexity index is 358. The quantitative estimate of drug-likeness (QED) is 0.288. The van der Waals surface area contributed by atoms with Gasteiger partial charge in [-0.3, -0.25) is 9.59 Å². The van der Waals surface area contributed by atoms with E-state index in [1.54, 1.807) is 18.2 Å². The average Bonchev–Trinajstić information content (AvgIpc) is 2.47. The molecule has 0 spiro atoms. The van der Waals surface area contributed by atoms with E-state index in [-0.39, 0.29) is 12.2 Å². The summed E-state index contributed by atoms with van der Waals surface area (Å²) in [5.41, 5.74) is 0. The molecule has 22 heavy (non-hydrogen) atoms. The van der Waals surface area contributed by atoms with Crippen LogP contribution >= 0.6 is 0 Å². The molecule has 2 N–H and O–H groups in total. The van der Waals surface area contributed by atoms with Crippen LogP contribution in [0.1, 0.15) is 71.1 Å². The van der Waals surface area contributed by atoms with E-state index in [0.717, 1.165) is 32.1 Å². The van der Waals surface area contributed by atoms with Gasteiger partial charge in [0.2, 0.25) is 0 Å². The Hall–Kier alpha value is -1.42. The second kappa shape index (κ2) is 14.5. The molecule has 0 aromatic rings. The van der Waals surface area contributed by atoms with Gasteiger partial charge in [0.25, 0.3) is 0 Å². The van der Waals surface area contributed by atoms with Crippen LogP contribution < -0.4 is 0 Å². The highest BCUT2D eigenvalue weighted by atomic mass is 16.4. The lowest BCUT2D eigenvalue weighted by Gasteiger charge is -2.03. The van der Waals surface area contributed by atoms with E-state index in [1.165, 1.54) is 18.9 Å². The van der Waals surface area contributed by atoms with Crippen LogP contribution in [-0.4, -0.2) is 28.1 Å². The summed E-state index contributed by atoms with van der Waals surface area (Å²) < 4.78 is 0. The number of aliphatic carboxylic acids is 1. The zero-order valence-electron chi connectivity index (χ0n) is 13.7. The van der Waals surface area contributed by atoms with Gasteiger partial charge < -0.3 is 10.2 Å². The molecule has 126 valence electrons.